The number of hydrogen-bond donors (Lipinski definition) is 1. The summed E-state index contributed by atoms with van der Waals surface area (Å²) in [6, 6.07) is 8.44. The van der Waals surface area contributed by atoms with Crippen molar-refractivity contribution in [3.8, 4) is 11.3 Å². The fourth-order valence-corrected chi connectivity index (χ4v) is 3.56. The molecule has 0 saturated carbocycles. The molecule has 0 aliphatic carbocycles. The lowest BCUT2D eigenvalue weighted by Gasteiger charge is -2.21. The highest BCUT2D eigenvalue weighted by atomic mass is 79.9. The molecule has 3 nitrogen and oxygen atoms in total. The fraction of sp³-hybridized carbons (Fsp3) is 0.438. The number of aromatic nitrogens is 2. The predicted octanol–water partition coefficient (Wildman–Crippen LogP) is 3.63. The van der Waals surface area contributed by atoms with Crippen molar-refractivity contribution in [2.45, 2.75) is 25.7 Å². The molecule has 0 bridgehead atoms. The summed E-state index contributed by atoms with van der Waals surface area (Å²) in [4.78, 5) is 0. The first kappa shape index (κ1) is 13.8. The monoisotopic (exact) mass is 333 g/mol. The van der Waals surface area contributed by atoms with E-state index >= 15 is 0 Å². The summed E-state index contributed by atoms with van der Waals surface area (Å²) >= 11 is 3.55. The van der Waals surface area contributed by atoms with Gasteiger partial charge in [-0.2, -0.15) is 5.10 Å². The van der Waals surface area contributed by atoms with Gasteiger partial charge in [-0.25, -0.2) is 0 Å². The number of nitrogens with one attached hydrogen (secondary N) is 1. The molecule has 1 aliphatic heterocycles. The smallest absolute Gasteiger partial charge is 0.0711 e. The normalized spacial score (nSPS) is 19.2. The maximum absolute atomic E-state index is 4.80. The van der Waals surface area contributed by atoms with Gasteiger partial charge in [0, 0.05) is 29.5 Å². The summed E-state index contributed by atoms with van der Waals surface area (Å²) in [5.74, 6) is 0.552. The van der Waals surface area contributed by atoms with Gasteiger partial charge in [0.05, 0.1) is 11.4 Å². The molecule has 0 spiro atoms. The third kappa shape index (κ3) is 2.54. The van der Waals surface area contributed by atoms with Crippen LogP contribution in [0.2, 0.25) is 0 Å². The number of benzene rings is 1. The zero-order valence-corrected chi connectivity index (χ0v) is 13.6. The second-order valence-corrected chi connectivity index (χ2v) is 6.45. The van der Waals surface area contributed by atoms with E-state index in [-0.39, 0.29) is 0 Å². The molecule has 20 heavy (non-hydrogen) atoms. The van der Waals surface area contributed by atoms with E-state index in [2.05, 4.69) is 52.4 Å². The molecule has 1 unspecified atom stereocenters. The Labute approximate surface area is 128 Å². The van der Waals surface area contributed by atoms with Crippen molar-refractivity contribution in [3.05, 3.63) is 40.0 Å². The number of hydrogen-bond acceptors (Lipinski definition) is 2. The largest absolute Gasteiger partial charge is 0.316 e. The molecule has 0 amide bonds. The van der Waals surface area contributed by atoms with Crippen molar-refractivity contribution in [2.75, 3.05) is 13.1 Å². The van der Waals surface area contributed by atoms with Gasteiger partial charge in [0.25, 0.3) is 0 Å². The molecule has 2 heterocycles. The van der Waals surface area contributed by atoms with Crippen LogP contribution in [0.1, 0.15) is 30.0 Å². The van der Waals surface area contributed by atoms with Crippen molar-refractivity contribution >= 4 is 15.9 Å². The van der Waals surface area contributed by atoms with Crippen LogP contribution in [0.25, 0.3) is 11.3 Å². The number of halogens is 1. The van der Waals surface area contributed by atoms with Crippen molar-refractivity contribution < 1.29 is 0 Å². The Morgan fingerprint density at radius 3 is 2.95 bits per heavy atom. The van der Waals surface area contributed by atoms with Crippen LogP contribution in [0, 0.1) is 6.92 Å². The molecule has 1 aromatic heterocycles. The highest BCUT2D eigenvalue weighted by Crippen LogP contribution is 2.32. The van der Waals surface area contributed by atoms with Gasteiger partial charge in [0.15, 0.2) is 0 Å². The molecular weight excluding hydrogens is 314 g/mol. The Kier molecular flexibility index (Phi) is 3.94. The van der Waals surface area contributed by atoms with Gasteiger partial charge in [-0.3, -0.25) is 4.68 Å². The van der Waals surface area contributed by atoms with Crippen LogP contribution in [-0.2, 0) is 7.05 Å². The maximum Gasteiger partial charge on any atom is 0.0711 e. The summed E-state index contributed by atoms with van der Waals surface area (Å²) in [6.45, 7) is 4.39. The molecule has 2 aromatic rings. The minimum atomic E-state index is 0.552. The summed E-state index contributed by atoms with van der Waals surface area (Å²) in [6.07, 6.45) is 2.48. The van der Waals surface area contributed by atoms with Gasteiger partial charge >= 0.3 is 0 Å². The van der Waals surface area contributed by atoms with E-state index in [4.69, 9.17) is 5.10 Å². The van der Waals surface area contributed by atoms with Gasteiger partial charge in [-0.05, 0) is 44.0 Å². The fourth-order valence-electron chi connectivity index (χ4n) is 3.16. The Morgan fingerprint density at radius 2 is 2.25 bits per heavy atom. The Morgan fingerprint density at radius 1 is 1.40 bits per heavy atom. The average molecular weight is 334 g/mol. The first-order valence-electron chi connectivity index (χ1n) is 7.17. The number of nitrogens with zero attached hydrogens (tertiary/aromatic N) is 2. The second kappa shape index (κ2) is 5.70. The summed E-state index contributed by atoms with van der Waals surface area (Å²) < 4.78 is 3.14. The van der Waals surface area contributed by atoms with E-state index in [1.54, 1.807) is 0 Å². The number of piperidine rings is 1. The SMILES string of the molecule is Cc1c(C2CCCNC2)nn(C)c1-c1cccc(Br)c1. The molecule has 1 aromatic carbocycles. The van der Waals surface area contributed by atoms with Gasteiger partial charge in [-0.1, -0.05) is 28.1 Å². The Hall–Kier alpha value is -1.13. The predicted molar refractivity (Wildman–Crippen MR) is 85.9 cm³/mol. The zero-order valence-electron chi connectivity index (χ0n) is 12.0. The van der Waals surface area contributed by atoms with Crippen LogP contribution in [0.15, 0.2) is 28.7 Å². The topological polar surface area (TPSA) is 29.9 Å². The number of rotatable bonds is 2. The minimum Gasteiger partial charge on any atom is -0.316 e. The maximum atomic E-state index is 4.80. The van der Waals surface area contributed by atoms with Gasteiger partial charge in [0.1, 0.15) is 0 Å². The molecule has 106 valence electrons. The lowest BCUT2D eigenvalue weighted by molar-refractivity contribution is 0.450. The molecule has 1 fully saturated rings. The third-order valence-electron chi connectivity index (χ3n) is 4.10. The van der Waals surface area contributed by atoms with Crippen molar-refractivity contribution in [2.24, 2.45) is 7.05 Å². The summed E-state index contributed by atoms with van der Waals surface area (Å²) in [5, 5.41) is 8.28. The molecule has 1 atom stereocenters. The third-order valence-corrected chi connectivity index (χ3v) is 4.60. The van der Waals surface area contributed by atoms with E-state index in [1.807, 2.05) is 11.7 Å². The van der Waals surface area contributed by atoms with Crippen molar-refractivity contribution in [1.29, 1.82) is 0 Å². The molecule has 1 N–H and O–H groups in total. The van der Waals surface area contributed by atoms with Crippen molar-refractivity contribution in [3.63, 3.8) is 0 Å². The Bertz CT molecular complexity index is 612. The molecule has 3 rings (SSSR count). The highest BCUT2D eigenvalue weighted by Gasteiger charge is 2.23. The van der Waals surface area contributed by atoms with E-state index < -0.39 is 0 Å². The lowest BCUT2D eigenvalue weighted by atomic mass is 9.92. The second-order valence-electron chi connectivity index (χ2n) is 5.54. The molecule has 4 heteroatoms. The van der Waals surface area contributed by atoms with E-state index in [1.165, 1.54) is 35.4 Å². The van der Waals surface area contributed by atoms with Crippen LogP contribution < -0.4 is 5.32 Å². The first-order valence-corrected chi connectivity index (χ1v) is 7.96. The quantitative estimate of drug-likeness (QED) is 0.909. The number of aryl methyl sites for hydroxylation is 1. The van der Waals surface area contributed by atoms with Gasteiger partial charge in [-0.15, -0.1) is 0 Å². The minimum absolute atomic E-state index is 0.552. The Balaban J connectivity index is 2.02. The zero-order chi connectivity index (χ0) is 14.1. The van der Waals surface area contributed by atoms with Crippen LogP contribution in [0.5, 0.6) is 0 Å². The lowest BCUT2D eigenvalue weighted by Crippen LogP contribution is -2.28. The average Bonchev–Trinajstić information content (AvgIpc) is 2.75. The molecule has 0 radical (unpaired) electrons. The summed E-state index contributed by atoms with van der Waals surface area (Å²) in [5.41, 5.74) is 5.03. The van der Waals surface area contributed by atoms with Gasteiger partial charge in [0.2, 0.25) is 0 Å². The standard InChI is InChI=1S/C16H20BrN3/c1-11-15(13-6-4-8-18-10-13)19-20(2)16(11)12-5-3-7-14(17)9-12/h3,5,7,9,13,18H,4,6,8,10H2,1-2H3. The molecular formula is C16H20BrN3. The van der Waals surface area contributed by atoms with Crippen LogP contribution in [0.4, 0.5) is 0 Å². The highest BCUT2D eigenvalue weighted by molar-refractivity contribution is 9.10. The first-order chi connectivity index (χ1) is 9.66. The van der Waals surface area contributed by atoms with Crippen molar-refractivity contribution in [1.82, 2.24) is 15.1 Å². The van der Waals surface area contributed by atoms with E-state index in [0.717, 1.165) is 17.6 Å². The molecule has 1 aliphatic rings. The van der Waals surface area contributed by atoms with E-state index in [0.29, 0.717) is 5.92 Å². The molecule has 1 saturated heterocycles. The van der Waals surface area contributed by atoms with Gasteiger partial charge < -0.3 is 5.32 Å². The van der Waals surface area contributed by atoms with Crippen LogP contribution in [0.3, 0.4) is 0 Å². The van der Waals surface area contributed by atoms with E-state index in [9.17, 15) is 0 Å². The van der Waals surface area contributed by atoms with Crippen LogP contribution in [-0.4, -0.2) is 22.9 Å². The van der Waals surface area contributed by atoms with Crippen LogP contribution >= 0.6 is 15.9 Å². The summed E-state index contributed by atoms with van der Waals surface area (Å²) in [7, 11) is 2.04.